The third kappa shape index (κ3) is 3.41. The van der Waals surface area contributed by atoms with Gasteiger partial charge < -0.3 is 4.74 Å². The van der Waals surface area contributed by atoms with Crippen molar-refractivity contribution < 1.29 is 4.74 Å². The third-order valence-corrected chi connectivity index (χ3v) is 4.48. The molecule has 1 aliphatic carbocycles. The van der Waals surface area contributed by atoms with Gasteiger partial charge in [-0.05, 0) is 36.5 Å². The molecule has 0 amide bonds. The normalized spacial score (nSPS) is 18.6. The quantitative estimate of drug-likeness (QED) is 0.676. The molecule has 1 atom stereocenters. The lowest BCUT2D eigenvalue weighted by Gasteiger charge is -2.24. The average molecular weight is 267 g/mol. The second-order valence-electron chi connectivity index (χ2n) is 5.44. The van der Waals surface area contributed by atoms with Crippen molar-refractivity contribution in [2.24, 2.45) is 5.92 Å². The molecule has 100 valence electrons. The summed E-state index contributed by atoms with van der Waals surface area (Å²) in [4.78, 5) is 0. The topological polar surface area (TPSA) is 9.23 Å². The minimum Gasteiger partial charge on any atom is -0.496 e. The summed E-state index contributed by atoms with van der Waals surface area (Å²) in [6, 6.07) is 6.30. The summed E-state index contributed by atoms with van der Waals surface area (Å²) in [5.74, 6) is 1.77. The summed E-state index contributed by atoms with van der Waals surface area (Å²) in [7, 11) is 1.71. The molecule has 2 heteroatoms. The molecule has 1 unspecified atom stereocenters. The van der Waals surface area contributed by atoms with Gasteiger partial charge in [0.25, 0.3) is 0 Å². The zero-order valence-electron chi connectivity index (χ0n) is 11.4. The molecule has 0 saturated heterocycles. The fourth-order valence-electron chi connectivity index (χ4n) is 2.95. The Bertz CT molecular complexity index is 383. The number of rotatable bonds is 4. The maximum Gasteiger partial charge on any atom is 0.121 e. The van der Waals surface area contributed by atoms with E-state index in [2.05, 4.69) is 19.1 Å². The molecular weight excluding hydrogens is 244 g/mol. The van der Waals surface area contributed by atoms with Crippen LogP contribution in [0.15, 0.2) is 18.2 Å². The molecule has 1 aliphatic rings. The van der Waals surface area contributed by atoms with Crippen molar-refractivity contribution >= 4 is 11.6 Å². The molecule has 1 saturated carbocycles. The third-order valence-electron chi connectivity index (χ3n) is 4.05. The second-order valence-corrected chi connectivity index (χ2v) is 5.96. The number of hydrogen-bond donors (Lipinski definition) is 0. The molecule has 1 nitrogen and oxygen atoms in total. The van der Waals surface area contributed by atoms with Crippen LogP contribution in [0.4, 0.5) is 0 Å². The Morgan fingerprint density at radius 2 is 2.00 bits per heavy atom. The van der Waals surface area contributed by atoms with E-state index in [1.807, 2.05) is 6.07 Å². The van der Waals surface area contributed by atoms with Crippen LogP contribution < -0.4 is 4.74 Å². The molecule has 0 aromatic heterocycles. The minimum atomic E-state index is 0.151. The molecule has 2 rings (SSSR count). The predicted molar refractivity (Wildman–Crippen MR) is 77.5 cm³/mol. The van der Waals surface area contributed by atoms with E-state index in [0.717, 1.165) is 18.1 Å². The Kier molecular flexibility index (Phi) is 4.94. The van der Waals surface area contributed by atoms with E-state index < -0.39 is 0 Å². The maximum atomic E-state index is 6.57. The smallest absolute Gasteiger partial charge is 0.121 e. The van der Waals surface area contributed by atoms with Crippen LogP contribution >= 0.6 is 11.6 Å². The molecule has 0 heterocycles. The molecule has 0 aliphatic heterocycles. The lowest BCUT2D eigenvalue weighted by molar-refractivity contribution is 0.336. The highest BCUT2D eigenvalue weighted by atomic mass is 35.5. The van der Waals surface area contributed by atoms with E-state index in [4.69, 9.17) is 16.3 Å². The van der Waals surface area contributed by atoms with Gasteiger partial charge in [0.05, 0.1) is 12.5 Å². The summed E-state index contributed by atoms with van der Waals surface area (Å²) in [5.41, 5.74) is 2.41. The highest BCUT2D eigenvalue weighted by Gasteiger charge is 2.19. The Morgan fingerprint density at radius 3 is 2.61 bits per heavy atom. The number of methoxy groups -OCH3 is 1. The van der Waals surface area contributed by atoms with E-state index >= 15 is 0 Å². The standard InChI is InChI=1S/C16H23ClO/c1-12-10-14(8-9-16(12)18-2)15(17)11-13-6-4-3-5-7-13/h8-10,13,15H,3-7,11H2,1-2H3. The van der Waals surface area contributed by atoms with E-state index in [1.54, 1.807) is 7.11 Å². The molecule has 1 aromatic carbocycles. The van der Waals surface area contributed by atoms with Crippen molar-refractivity contribution in [2.45, 2.75) is 50.8 Å². The van der Waals surface area contributed by atoms with Crippen molar-refractivity contribution in [1.82, 2.24) is 0 Å². The van der Waals surface area contributed by atoms with Gasteiger partial charge in [0.2, 0.25) is 0 Å². The van der Waals surface area contributed by atoms with Crippen molar-refractivity contribution in [3.8, 4) is 5.75 Å². The van der Waals surface area contributed by atoms with Gasteiger partial charge >= 0.3 is 0 Å². The van der Waals surface area contributed by atoms with Gasteiger partial charge in [-0.15, -0.1) is 11.6 Å². The summed E-state index contributed by atoms with van der Waals surface area (Å²) < 4.78 is 5.29. The first-order chi connectivity index (χ1) is 8.70. The van der Waals surface area contributed by atoms with Gasteiger partial charge in [-0.2, -0.15) is 0 Å². The van der Waals surface area contributed by atoms with Crippen LogP contribution in [0.3, 0.4) is 0 Å². The van der Waals surface area contributed by atoms with Gasteiger partial charge in [0.1, 0.15) is 5.75 Å². The van der Waals surface area contributed by atoms with Crippen LogP contribution in [0.2, 0.25) is 0 Å². The molecule has 1 fully saturated rings. The van der Waals surface area contributed by atoms with E-state index in [-0.39, 0.29) is 5.38 Å². The number of benzene rings is 1. The second kappa shape index (κ2) is 6.47. The molecule has 0 spiro atoms. The number of halogens is 1. The summed E-state index contributed by atoms with van der Waals surface area (Å²) >= 11 is 6.57. The molecule has 18 heavy (non-hydrogen) atoms. The van der Waals surface area contributed by atoms with Crippen LogP contribution in [0.1, 0.15) is 55.0 Å². The molecular formula is C16H23ClO. The van der Waals surface area contributed by atoms with Gasteiger partial charge in [-0.3, -0.25) is 0 Å². The van der Waals surface area contributed by atoms with E-state index in [1.165, 1.54) is 43.2 Å². The molecule has 0 N–H and O–H groups in total. The first-order valence-electron chi connectivity index (χ1n) is 6.99. The molecule has 0 bridgehead atoms. The van der Waals surface area contributed by atoms with Crippen LogP contribution in [-0.2, 0) is 0 Å². The Hall–Kier alpha value is -0.690. The number of hydrogen-bond acceptors (Lipinski definition) is 1. The SMILES string of the molecule is COc1ccc(C(Cl)CC2CCCCC2)cc1C. The van der Waals surface area contributed by atoms with Crippen LogP contribution in [0, 0.1) is 12.8 Å². The number of ether oxygens (including phenoxy) is 1. The fourth-order valence-corrected chi connectivity index (χ4v) is 3.34. The highest BCUT2D eigenvalue weighted by molar-refractivity contribution is 6.20. The minimum absolute atomic E-state index is 0.151. The van der Waals surface area contributed by atoms with Crippen LogP contribution in [-0.4, -0.2) is 7.11 Å². The van der Waals surface area contributed by atoms with Gasteiger partial charge in [0, 0.05) is 0 Å². The molecule has 0 radical (unpaired) electrons. The van der Waals surface area contributed by atoms with Gasteiger partial charge in [0.15, 0.2) is 0 Å². The summed E-state index contributed by atoms with van der Waals surface area (Å²) in [6.07, 6.45) is 8.01. The Morgan fingerprint density at radius 1 is 1.28 bits per heavy atom. The first-order valence-corrected chi connectivity index (χ1v) is 7.43. The van der Waals surface area contributed by atoms with Gasteiger partial charge in [-0.25, -0.2) is 0 Å². The van der Waals surface area contributed by atoms with Crippen molar-refractivity contribution in [2.75, 3.05) is 7.11 Å². The highest BCUT2D eigenvalue weighted by Crippen LogP contribution is 2.36. The zero-order valence-corrected chi connectivity index (χ0v) is 12.2. The Labute approximate surface area is 115 Å². The predicted octanol–water partition coefficient (Wildman–Crippen LogP) is 5.25. The zero-order chi connectivity index (χ0) is 13.0. The monoisotopic (exact) mass is 266 g/mol. The van der Waals surface area contributed by atoms with Crippen LogP contribution in [0.25, 0.3) is 0 Å². The van der Waals surface area contributed by atoms with Crippen molar-refractivity contribution in [3.63, 3.8) is 0 Å². The first kappa shape index (κ1) is 13.7. The largest absolute Gasteiger partial charge is 0.496 e. The fraction of sp³-hybridized carbons (Fsp3) is 0.625. The lowest BCUT2D eigenvalue weighted by Crippen LogP contribution is -2.09. The molecule has 1 aromatic rings. The average Bonchev–Trinajstić information content (AvgIpc) is 2.39. The summed E-state index contributed by atoms with van der Waals surface area (Å²) in [6.45, 7) is 2.08. The van der Waals surface area contributed by atoms with E-state index in [9.17, 15) is 0 Å². The number of aryl methyl sites for hydroxylation is 1. The van der Waals surface area contributed by atoms with Crippen molar-refractivity contribution in [3.05, 3.63) is 29.3 Å². The van der Waals surface area contributed by atoms with Gasteiger partial charge in [-0.1, -0.05) is 44.2 Å². The van der Waals surface area contributed by atoms with E-state index in [0.29, 0.717) is 0 Å². The van der Waals surface area contributed by atoms with Crippen molar-refractivity contribution in [1.29, 1.82) is 0 Å². The lowest BCUT2D eigenvalue weighted by atomic mass is 9.85. The maximum absolute atomic E-state index is 6.57. The Balaban J connectivity index is 1.99. The van der Waals surface area contributed by atoms with Crippen LogP contribution in [0.5, 0.6) is 5.75 Å². The number of alkyl halides is 1. The summed E-state index contributed by atoms with van der Waals surface area (Å²) in [5, 5.41) is 0.151.